The fraction of sp³-hybridized carbons (Fsp3) is 1.00. The predicted octanol–water partition coefficient (Wildman–Crippen LogP) is -1.99. The highest BCUT2D eigenvalue weighted by atomic mass is 16.5. The Bertz CT molecular complexity index is 187. The van der Waals surface area contributed by atoms with Crippen molar-refractivity contribution >= 4 is 0 Å². The number of rotatable bonds is 4. The van der Waals surface area contributed by atoms with E-state index in [0.717, 1.165) is 13.1 Å². The van der Waals surface area contributed by atoms with Gasteiger partial charge in [-0.2, -0.15) is 0 Å². The van der Waals surface area contributed by atoms with E-state index < -0.39 is 6.10 Å². The molecule has 0 saturated carbocycles. The van der Waals surface area contributed by atoms with E-state index in [4.69, 9.17) is 9.84 Å². The van der Waals surface area contributed by atoms with Crippen LogP contribution >= 0.6 is 0 Å². The van der Waals surface area contributed by atoms with Crippen LogP contribution in [0.25, 0.3) is 0 Å². The second-order valence-corrected chi connectivity index (χ2v) is 3.95. The highest BCUT2D eigenvalue weighted by molar-refractivity contribution is 4.92. The molecule has 2 heterocycles. The highest BCUT2D eigenvalue weighted by Gasteiger charge is 2.37. The zero-order chi connectivity index (χ0) is 9.97. The van der Waals surface area contributed by atoms with Gasteiger partial charge >= 0.3 is 0 Å². The molecule has 0 aromatic carbocycles. The summed E-state index contributed by atoms with van der Waals surface area (Å²) in [5, 5.41) is 21.8. The molecule has 5 nitrogen and oxygen atoms in total. The summed E-state index contributed by atoms with van der Waals surface area (Å²) in [6, 6.07) is 0.512. The number of hydrogen-bond donors (Lipinski definition) is 3. The molecule has 0 spiro atoms. The van der Waals surface area contributed by atoms with Crippen LogP contribution in [-0.2, 0) is 4.74 Å². The van der Waals surface area contributed by atoms with Crippen LogP contribution in [0, 0.1) is 0 Å². The minimum atomic E-state index is -0.401. The molecule has 14 heavy (non-hydrogen) atoms. The highest BCUT2D eigenvalue weighted by Crippen LogP contribution is 2.17. The standard InChI is InChI=1S/C9H18N2O3/c12-2-1-11(7-3-10-4-7)8-5-14-6-9(8)13/h7-10,12-13H,1-6H2/t8-,9-/m1/s1. The van der Waals surface area contributed by atoms with E-state index in [1.165, 1.54) is 0 Å². The molecule has 0 bridgehead atoms. The van der Waals surface area contributed by atoms with Gasteiger partial charge in [-0.05, 0) is 0 Å². The maximum absolute atomic E-state index is 9.69. The minimum absolute atomic E-state index is 0.0641. The largest absolute Gasteiger partial charge is 0.395 e. The van der Waals surface area contributed by atoms with Gasteiger partial charge in [0.15, 0.2) is 0 Å². The first-order chi connectivity index (χ1) is 6.83. The summed E-state index contributed by atoms with van der Waals surface area (Å²) in [5.74, 6) is 0. The lowest BCUT2D eigenvalue weighted by Gasteiger charge is -2.41. The van der Waals surface area contributed by atoms with Crippen LogP contribution in [0.1, 0.15) is 0 Å². The second kappa shape index (κ2) is 4.55. The molecule has 5 heteroatoms. The Morgan fingerprint density at radius 2 is 2.14 bits per heavy atom. The SMILES string of the molecule is OCCN(C1CNC1)[C@@H]1COC[C@H]1O. The maximum Gasteiger partial charge on any atom is 0.0950 e. The Hall–Kier alpha value is -0.200. The lowest BCUT2D eigenvalue weighted by atomic mass is 10.1. The summed E-state index contributed by atoms with van der Waals surface area (Å²) in [6.45, 7) is 3.66. The molecule has 0 aromatic heterocycles. The van der Waals surface area contributed by atoms with Crippen molar-refractivity contribution in [3.8, 4) is 0 Å². The van der Waals surface area contributed by atoms with E-state index in [0.29, 0.717) is 25.8 Å². The van der Waals surface area contributed by atoms with E-state index in [1.54, 1.807) is 0 Å². The average molecular weight is 202 g/mol. The van der Waals surface area contributed by atoms with Gasteiger partial charge < -0.3 is 20.3 Å². The molecule has 2 aliphatic rings. The van der Waals surface area contributed by atoms with Crippen LogP contribution < -0.4 is 5.32 Å². The smallest absolute Gasteiger partial charge is 0.0950 e. The van der Waals surface area contributed by atoms with Gasteiger partial charge in [0.1, 0.15) is 0 Å². The van der Waals surface area contributed by atoms with Gasteiger partial charge in [0, 0.05) is 25.7 Å². The summed E-state index contributed by atoms with van der Waals surface area (Å²) < 4.78 is 5.22. The molecule has 0 amide bonds. The van der Waals surface area contributed by atoms with Gasteiger partial charge in [0.25, 0.3) is 0 Å². The fourth-order valence-corrected chi connectivity index (χ4v) is 2.09. The van der Waals surface area contributed by atoms with E-state index >= 15 is 0 Å². The molecule has 0 aromatic rings. The first-order valence-electron chi connectivity index (χ1n) is 5.16. The lowest BCUT2D eigenvalue weighted by molar-refractivity contribution is 0.0242. The third kappa shape index (κ3) is 1.92. The average Bonchev–Trinajstić information content (AvgIpc) is 2.47. The van der Waals surface area contributed by atoms with Crippen LogP contribution in [0.3, 0.4) is 0 Å². The zero-order valence-corrected chi connectivity index (χ0v) is 8.22. The Morgan fingerprint density at radius 3 is 2.57 bits per heavy atom. The molecule has 2 saturated heterocycles. The van der Waals surface area contributed by atoms with E-state index in [-0.39, 0.29) is 12.6 Å². The Morgan fingerprint density at radius 1 is 1.36 bits per heavy atom. The van der Waals surface area contributed by atoms with Gasteiger partial charge in [0.05, 0.1) is 32.0 Å². The number of nitrogens with zero attached hydrogens (tertiary/aromatic N) is 1. The predicted molar refractivity (Wildman–Crippen MR) is 51.1 cm³/mol. The van der Waals surface area contributed by atoms with Gasteiger partial charge in [-0.1, -0.05) is 0 Å². The van der Waals surface area contributed by atoms with E-state index in [9.17, 15) is 5.11 Å². The van der Waals surface area contributed by atoms with Crippen LogP contribution in [-0.4, -0.2) is 72.8 Å². The van der Waals surface area contributed by atoms with E-state index in [1.807, 2.05) is 0 Å². The first kappa shape index (κ1) is 10.3. The van der Waals surface area contributed by atoms with Gasteiger partial charge in [-0.15, -0.1) is 0 Å². The van der Waals surface area contributed by atoms with Crippen molar-refractivity contribution in [1.82, 2.24) is 10.2 Å². The second-order valence-electron chi connectivity index (χ2n) is 3.95. The molecule has 0 aliphatic carbocycles. The number of aliphatic hydroxyl groups excluding tert-OH is 2. The van der Waals surface area contributed by atoms with Crippen LogP contribution in [0.5, 0.6) is 0 Å². The third-order valence-electron chi connectivity index (χ3n) is 3.03. The summed E-state index contributed by atoms with van der Waals surface area (Å²) in [7, 11) is 0. The van der Waals surface area contributed by atoms with Gasteiger partial charge in [-0.25, -0.2) is 0 Å². The number of aliphatic hydroxyl groups is 2. The Balaban J connectivity index is 1.93. The third-order valence-corrected chi connectivity index (χ3v) is 3.03. The molecule has 2 fully saturated rings. The zero-order valence-electron chi connectivity index (χ0n) is 8.22. The lowest BCUT2D eigenvalue weighted by Crippen LogP contribution is -2.62. The van der Waals surface area contributed by atoms with Crippen molar-refractivity contribution in [3.05, 3.63) is 0 Å². The first-order valence-corrected chi connectivity index (χ1v) is 5.16. The van der Waals surface area contributed by atoms with Crippen molar-refractivity contribution in [2.45, 2.75) is 18.2 Å². The number of ether oxygens (including phenoxy) is 1. The summed E-state index contributed by atoms with van der Waals surface area (Å²) in [5.41, 5.74) is 0. The molecule has 2 atom stereocenters. The number of nitrogens with one attached hydrogen (secondary N) is 1. The fourth-order valence-electron chi connectivity index (χ4n) is 2.09. The Kier molecular flexibility index (Phi) is 3.35. The molecule has 82 valence electrons. The van der Waals surface area contributed by atoms with Gasteiger partial charge in [-0.3, -0.25) is 4.90 Å². The molecule has 2 rings (SSSR count). The number of hydrogen-bond acceptors (Lipinski definition) is 5. The van der Waals surface area contributed by atoms with Crippen molar-refractivity contribution in [2.24, 2.45) is 0 Å². The van der Waals surface area contributed by atoms with Crippen molar-refractivity contribution in [1.29, 1.82) is 0 Å². The Labute approximate surface area is 83.7 Å². The topological polar surface area (TPSA) is 65.0 Å². The van der Waals surface area contributed by atoms with Crippen LogP contribution in [0.15, 0.2) is 0 Å². The van der Waals surface area contributed by atoms with Crippen LogP contribution in [0.4, 0.5) is 0 Å². The molecular weight excluding hydrogens is 184 g/mol. The molecule has 0 unspecified atom stereocenters. The molecule has 2 aliphatic heterocycles. The van der Waals surface area contributed by atoms with Crippen molar-refractivity contribution < 1.29 is 14.9 Å². The maximum atomic E-state index is 9.69. The van der Waals surface area contributed by atoms with Gasteiger partial charge in [0.2, 0.25) is 0 Å². The normalized spacial score (nSPS) is 33.6. The molecule has 3 N–H and O–H groups in total. The van der Waals surface area contributed by atoms with Crippen molar-refractivity contribution in [3.63, 3.8) is 0 Å². The monoisotopic (exact) mass is 202 g/mol. The summed E-state index contributed by atoms with van der Waals surface area (Å²) >= 11 is 0. The van der Waals surface area contributed by atoms with E-state index in [2.05, 4.69) is 10.2 Å². The molecule has 0 radical (unpaired) electrons. The summed E-state index contributed by atoms with van der Waals surface area (Å²) in [4.78, 5) is 2.16. The van der Waals surface area contributed by atoms with Crippen molar-refractivity contribution in [2.75, 3.05) is 39.5 Å². The molecular formula is C9H18N2O3. The summed E-state index contributed by atoms with van der Waals surface area (Å²) in [6.07, 6.45) is -0.401. The quantitative estimate of drug-likeness (QED) is 0.493. The minimum Gasteiger partial charge on any atom is -0.395 e. The van der Waals surface area contributed by atoms with Crippen LogP contribution in [0.2, 0.25) is 0 Å².